The highest BCUT2D eigenvalue weighted by Crippen LogP contribution is 2.55. The first kappa shape index (κ1) is 16.6. The summed E-state index contributed by atoms with van der Waals surface area (Å²) in [5, 5.41) is 3.13. The summed E-state index contributed by atoms with van der Waals surface area (Å²) in [4.78, 5) is 12.8. The van der Waals surface area contributed by atoms with Crippen LogP contribution in [0.25, 0.3) is 0 Å². The number of fused-ring (bicyclic) bond motifs is 3. The van der Waals surface area contributed by atoms with Gasteiger partial charge in [-0.15, -0.1) is 5.46 Å². The van der Waals surface area contributed by atoms with Crippen LogP contribution >= 0.6 is 0 Å². The molecule has 4 rings (SSSR count). The van der Waals surface area contributed by atoms with Gasteiger partial charge in [0.2, 0.25) is 0 Å². The molecular formula is C15H16B4N2O2. The molecule has 0 aliphatic heterocycles. The van der Waals surface area contributed by atoms with Crippen molar-refractivity contribution in [2.75, 3.05) is 5.48 Å². The van der Waals surface area contributed by atoms with Gasteiger partial charge >= 0.3 is 8.05 Å². The molecule has 3 aliphatic rings. The minimum Gasteiger partial charge on any atom is -0.353 e. The number of nitrogens with one attached hydrogen (secondary N) is 2. The fourth-order valence-corrected chi connectivity index (χ4v) is 3.70. The minimum atomic E-state index is -0.220. The van der Waals surface area contributed by atoms with Gasteiger partial charge in [-0.05, 0) is 25.3 Å². The maximum atomic E-state index is 12.8. The molecule has 23 heavy (non-hydrogen) atoms. The normalized spacial score (nSPS) is 29.2. The van der Waals surface area contributed by atoms with Crippen molar-refractivity contribution in [3.05, 3.63) is 17.7 Å². The van der Waals surface area contributed by atoms with E-state index < -0.39 is 0 Å². The zero-order valence-corrected chi connectivity index (χ0v) is 13.0. The number of anilines is 1. The lowest BCUT2D eigenvalue weighted by Crippen LogP contribution is -2.55. The van der Waals surface area contributed by atoms with Gasteiger partial charge in [0.15, 0.2) is 0 Å². The van der Waals surface area contributed by atoms with Crippen LogP contribution in [0.15, 0.2) is 12.1 Å². The molecule has 3 saturated carbocycles. The Kier molecular flexibility index (Phi) is 4.30. The van der Waals surface area contributed by atoms with Gasteiger partial charge in [0.1, 0.15) is 15.7 Å². The van der Waals surface area contributed by atoms with Crippen LogP contribution in [0.4, 0.5) is 5.69 Å². The third kappa shape index (κ3) is 3.06. The van der Waals surface area contributed by atoms with Gasteiger partial charge in [-0.25, -0.2) is 0 Å². The molecule has 0 spiro atoms. The summed E-state index contributed by atoms with van der Waals surface area (Å²) < 4.78 is 4.43. The van der Waals surface area contributed by atoms with E-state index in [-0.39, 0.29) is 27.9 Å². The highest BCUT2D eigenvalue weighted by Gasteiger charge is 2.46. The first-order valence-corrected chi connectivity index (χ1v) is 7.79. The monoisotopic (exact) mass is 300 g/mol. The molecule has 8 heteroatoms. The van der Waals surface area contributed by atoms with Gasteiger partial charge in [-0.2, -0.15) is 0 Å². The van der Waals surface area contributed by atoms with Gasteiger partial charge in [-0.1, -0.05) is 36.1 Å². The lowest BCUT2D eigenvalue weighted by atomic mass is 9.49. The number of rotatable bonds is 4. The second-order valence-corrected chi connectivity index (χ2v) is 6.81. The fraction of sp³-hybridized carbons (Fsp3) is 0.533. The van der Waals surface area contributed by atoms with Crippen LogP contribution in [0.2, 0.25) is 5.31 Å². The molecule has 0 unspecified atom stereocenters. The van der Waals surface area contributed by atoms with E-state index in [0.717, 1.165) is 38.5 Å². The third-order valence-corrected chi connectivity index (χ3v) is 5.37. The average molecular weight is 300 g/mol. The van der Waals surface area contributed by atoms with E-state index in [1.54, 1.807) is 12.1 Å². The Morgan fingerprint density at radius 2 is 1.70 bits per heavy atom. The van der Waals surface area contributed by atoms with Crippen molar-refractivity contribution >= 4 is 54.1 Å². The lowest BCUT2D eigenvalue weighted by Gasteiger charge is -2.52. The molecule has 3 aliphatic carbocycles. The molecule has 4 nitrogen and oxygen atoms in total. The Labute approximate surface area is 142 Å². The van der Waals surface area contributed by atoms with Crippen LogP contribution in [0.5, 0.6) is 0 Å². The Hall–Kier alpha value is -1.29. The number of hydrogen-bond donors (Lipinski definition) is 2. The number of amides is 1. The molecule has 0 heterocycles. The largest absolute Gasteiger partial charge is 0.353 e. The van der Waals surface area contributed by atoms with Crippen molar-refractivity contribution in [3.8, 4) is 0 Å². The SMILES string of the molecule is [B]ONc1c(C(=O)NC23CCC([B])(CC2)CC3)ccc([B])c1[B]. The van der Waals surface area contributed by atoms with E-state index in [9.17, 15) is 4.79 Å². The maximum absolute atomic E-state index is 12.8. The highest BCUT2D eigenvalue weighted by atomic mass is 16.6. The van der Waals surface area contributed by atoms with Crippen molar-refractivity contribution < 1.29 is 9.55 Å². The quantitative estimate of drug-likeness (QED) is 0.601. The molecule has 0 saturated heterocycles. The standard InChI is InChI=1S/C15H16B4N2O2/c16-10-2-1-9(12(11(10)17)21-23-19)13(22)20-15-6-3-14(18,4-7-15)5-8-15/h1-2,21H,3-8H2,(H,20,22). The van der Waals surface area contributed by atoms with E-state index in [1.165, 1.54) is 0 Å². The average Bonchev–Trinajstić information content (AvgIpc) is 2.54. The molecule has 2 bridgehead atoms. The summed E-state index contributed by atoms with van der Waals surface area (Å²) in [6.45, 7) is 0. The summed E-state index contributed by atoms with van der Waals surface area (Å²) in [5.41, 5.74) is 3.47. The predicted molar refractivity (Wildman–Crippen MR) is 94.0 cm³/mol. The molecule has 1 amide bonds. The first-order chi connectivity index (χ1) is 10.9. The minimum absolute atomic E-state index is 0.0434. The van der Waals surface area contributed by atoms with Crippen molar-refractivity contribution in [2.45, 2.75) is 49.4 Å². The van der Waals surface area contributed by atoms with Gasteiger partial charge < -0.3 is 10.1 Å². The molecule has 1 aromatic carbocycles. The molecule has 110 valence electrons. The van der Waals surface area contributed by atoms with Crippen molar-refractivity contribution in [2.24, 2.45) is 0 Å². The predicted octanol–water partition coefficient (Wildman–Crippen LogP) is -0.135. The van der Waals surface area contributed by atoms with Crippen LogP contribution < -0.4 is 21.7 Å². The van der Waals surface area contributed by atoms with Gasteiger partial charge in [0.25, 0.3) is 5.91 Å². The molecule has 2 N–H and O–H groups in total. The lowest BCUT2D eigenvalue weighted by molar-refractivity contribution is 0.0742. The van der Waals surface area contributed by atoms with E-state index in [0.29, 0.717) is 11.0 Å². The van der Waals surface area contributed by atoms with E-state index >= 15 is 0 Å². The summed E-state index contributed by atoms with van der Waals surface area (Å²) >= 11 is 0. The van der Waals surface area contributed by atoms with Crippen LogP contribution in [-0.4, -0.2) is 43.0 Å². The van der Waals surface area contributed by atoms with E-state index in [4.69, 9.17) is 31.6 Å². The highest BCUT2D eigenvalue weighted by molar-refractivity contribution is 6.51. The maximum Gasteiger partial charge on any atom is 0.326 e. The van der Waals surface area contributed by atoms with Gasteiger partial charge in [0, 0.05) is 5.54 Å². The molecule has 8 radical (unpaired) electrons. The second kappa shape index (κ2) is 5.97. The Balaban J connectivity index is 1.83. The second-order valence-electron chi connectivity index (χ2n) is 6.81. The third-order valence-electron chi connectivity index (χ3n) is 5.37. The van der Waals surface area contributed by atoms with Gasteiger partial charge in [-0.3, -0.25) is 10.3 Å². The first-order valence-electron chi connectivity index (χ1n) is 7.79. The van der Waals surface area contributed by atoms with Crippen molar-refractivity contribution in [1.29, 1.82) is 0 Å². The summed E-state index contributed by atoms with van der Waals surface area (Å²) in [6.07, 6.45) is 5.51. The number of benzene rings is 1. The van der Waals surface area contributed by atoms with Crippen LogP contribution in [0.3, 0.4) is 0 Å². The molecule has 1 aromatic rings. The van der Waals surface area contributed by atoms with E-state index in [2.05, 4.69) is 15.6 Å². The number of hydrogen-bond acceptors (Lipinski definition) is 3. The van der Waals surface area contributed by atoms with Crippen LogP contribution in [0.1, 0.15) is 48.9 Å². The van der Waals surface area contributed by atoms with Crippen molar-refractivity contribution in [1.82, 2.24) is 5.32 Å². The van der Waals surface area contributed by atoms with Crippen molar-refractivity contribution in [3.63, 3.8) is 0 Å². The van der Waals surface area contributed by atoms with Gasteiger partial charge in [0.05, 0.1) is 19.1 Å². The number of carbonyl (C=O) groups is 1. The summed E-state index contributed by atoms with van der Waals surface area (Å²) in [7, 11) is 23.0. The van der Waals surface area contributed by atoms with E-state index in [1.807, 2.05) is 0 Å². The molecule has 0 atom stereocenters. The summed E-state index contributed by atoms with van der Waals surface area (Å²) in [5.74, 6) is -0.220. The van der Waals surface area contributed by atoms with Crippen LogP contribution in [0, 0.1) is 0 Å². The zero-order valence-electron chi connectivity index (χ0n) is 13.0. The topological polar surface area (TPSA) is 50.4 Å². The molecule has 3 fully saturated rings. The molecular weight excluding hydrogens is 283 g/mol. The fourth-order valence-electron chi connectivity index (χ4n) is 3.70. The molecule has 0 aromatic heterocycles. The van der Waals surface area contributed by atoms with Crippen LogP contribution in [-0.2, 0) is 4.76 Å². The zero-order chi connectivity index (χ0) is 16.7. The number of carbonyl (C=O) groups excluding carboxylic acids is 1. The summed E-state index contributed by atoms with van der Waals surface area (Å²) in [6, 6.07) is 3.20. The Bertz CT molecular complexity index is 614. The smallest absolute Gasteiger partial charge is 0.326 e. The Morgan fingerprint density at radius 3 is 2.26 bits per heavy atom. The Morgan fingerprint density at radius 1 is 1.09 bits per heavy atom.